The van der Waals surface area contributed by atoms with Crippen LogP contribution < -0.4 is 10.5 Å². The summed E-state index contributed by atoms with van der Waals surface area (Å²) >= 11 is 0. The molecule has 1 heterocycles. The molecule has 5 nitrogen and oxygen atoms in total. The van der Waals surface area contributed by atoms with E-state index in [1.165, 1.54) is 0 Å². The van der Waals surface area contributed by atoms with Crippen LogP contribution in [0.25, 0.3) is 0 Å². The Hall–Kier alpha value is -1.59. The number of piperazine rings is 1. The number of hydrogen-bond acceptors (Lipinski definition) is 4. The van der Waals surface area contributed by atoms with Crippen LogP contribution >= 0.6 is 0 Å². The van der Waals surface area contributed by atoms with E-state index in [4.69, 9.17) is 10.5 Å². The SMILES string of the molecule is COc1ccccc1C(CN)N1CCN(C(C)=O)CC1. The Morgan fingerprint density at radius 2 is 1.95 bits per heavy atom. The number of para-hydroxylation sites is 1. The zero-order valence-electron chi connectivity index (χ0n) is 12.2. The van der Waals surface area contributed by atoms with Gasteiger partial charge >= 0.3 is 0 Å². The maximum Gasteiger partial charge on any atom is 0.219 e. The lowest BCUT2D eigenvalue weighted by Gasteiger charge is -2.39. The van der Waals surface area contributed by atoms with E-state index in [2.05, 4.69) is 11.0 Å². The normalized spacial score (nSPS) is 17.9. The van der Waals surface area contributed by atoms with Gasteiger partial charge in [-0.15, -0.1) is 0 Å². The fraction of sp³-hybridized carbons (Fsp3) is 0.533. The Morgan fingerprint density at radius 3 is 2.50 bits per heavy atom. The molecule has 1 aliphatic rings. The molecule has 5 heteroatoms. The summed E-state index contributed by atoms with van der Waals surface area (Å²) in [5, 5.41) is 0. The predicted octanol–water partition coefficient (Wildman–Crippen LogP) is 0.859. The second-order valence-electron chi connectivity index (χ2n) is 5.04. The molecule has 0 spiro atoms. The van der Waals surface area contributed by atoms with Crippen molar-refractivity contribution in [1.29, 1.82) is 0 Å². The largest absolute Gasteiger partial charge is 0.496 e. The van der Waals surface area contributed by atoms with E-state index in [1.807, 2.05) is 23.1 Å². The average molecular weight is 277 g/mol. The molecule has 0 aromatic heterocycles. The molecular weight excluding hydrogens is 254 g/mol. The Morgan fingerprint density at radius 1 is 1.30 bits per heavy atom. The third kappa shape index (κ3) is 3.11. The summed E-state index contributed by atoms with van der Waals surface area (Å²) in [6.07, 6.45) is 0. The van der Waals surface area contributed by atoms with Crippen molar-refractivity contribution in [2.45, 2.75) is 13.0 Å². The highest BCUT2D eigenvalue weighted by Crippen LogP contribution is 2.29. The average Bonchev–Trinajstić information content (AvgIpc) is 2.49. The number of hydrogen-bond donors (Lipinski definition) is 1. The summed E-state index contributed by atoms with van der Waals surface area (Å²) in [5.41, 5.74) is 7.10. The lowest BCUT2D eigenvalue weighted by Crippen LogP contribution is -2.50. The minimum absolute atomic E-state index is 0.139. The minimum Gasteiger partial charge on any atom is -0.496 e. The van der Waals surface area contributed by atoms with E-state index in [0.717, 1.165) is 37.5 Å². The lowest BCUT2D eigenvalue weighted by atomic mass is 10.0. The first-order chi connectivity index (χ1) is 9.67. The van der Waals surface area contributed by atoms with Crippen LogP contribution in [0.4, 0.5) is 0 Å². The monoisotopic (exact) mass is 277 g/mol. The van der Waals surface area contributed by atoms with Gasteiger partial charge in [-0.3, -0.25) is 9.69 Å². The van der Waals surface area contributed by atoms with Gasteiger partial charge in [0.05, 0.1) is 13.2 Å². The van der Waals surface area contributed by atoms with Crippen LogP contribution in [0.5, 0.6) is 5.75 Å². The van der Waals surface area contributed by atoms with Gasteiger partial charge in [-0.25, -0.2) is 0 Å². The van der Waals surface area contributed by atoms with Gasteiger partial charge in [0.2, 0.25) is 5.91 Å². The zero-order chi connectivity index (χ0) is 14.5. The van der Waals surface area contributed by atoms with Crippen molar-refractivity contribution in [2.24, 2.45) is 5.73 Å². The van der Waals surface area contributed by atoms with E-state index in [9.17, 15) is 4.79 Å². The van der Waals surface area contributed by atoms with Crippen LogP contribution in [0.1, 0.15) is 18.5 Å². The second kappa shape index (κ2) is 6.72. The van der Waals surface area contributed by atoms with Crippen molar-refractivity contribution in [3.05, 3.63) is 29.8 Å². The third-order valence-electron chi connectivity index (χ3n) is 3.92. The molecule has 1 aromatic rings. The molecule has 2 rings (SSSR count). The van der Waals surface area contributed by atoms with Gasteiger partial charge in [0.15, 0.2) is 0 Å². The summed E-state index contributed by atoms with van der Waals surface area (Å²) in [7, 11) is 1.68. The smallest absolute Gasteiger partial charge is 0.219 e. The lowest BCUT2D eigenvalue weighted by molar-refractivity contribution is -0.130. The number of ether oxygens (including phenoxy) is 1. The van der Waals surface area contributed by atoms with Crippen LogP contribution in [0, 0.1) is 0 Å². The maximum atomic E-state index is 11.4. The highest BCUT2D eigenvalue weighted by atomic mass is 16.5. The van der Waals surface area contributed by atoms with Crippen LogP contribution in [0.2, 0.25) is 0 Å². The molecule has 1 fully saturated rings. The van der Waals surface area contributed by atoms with Gasteiger partial charge in [0.1, 0.15) is 5.75 Å². The molecule has 1 unspecified atom stereocenters. The molecule has 20 heavy (non-hydrogen) atoms. The molecule has 110 valence electrons. The Bertz CT molecular complexity index is 456. The summed E-state index contributed by atoms with van der Waals surface area (Å²) in [5.74, 6) is 1.02. The number of nitrogens with zero attached hydrogens (tertiary/aromatic N) is 2. The van der Waals surface area contributed by atoms with Crippen LogP contribution in [-0.2, 0) is 4.79 Å². The second-order valence-corrected chi connectivity index (χ2v) is 5.04. The van der Waals surface area contributed by atoms with Gasteiger partial charge in [0, 0.05) is 45.2 Å². The number of nitrogens with two attached hydrogens (primary N) is 1. The summed E-state index contributed by atoms with van der Waals surface area (Å²) in [6, 6.07) is 8.13. The summed E-state index contributed by atoms with van der Waals surface area (Å²) in [6.45, 7) is 5.39. The molecule has 0 saturated carbocycles. The number of carbonyl (C=O) groups excluding carboxylic acids is 1. The Balaban J connectivity index is 2.11. The fourth-order valence-corrected chi connectivity index (χ4v) is 2.76. The van der Waals surface area contributed by atoms with E-state index in [-0.39, 0.29) is 11.9 Å². The number of benzene rings is 1. The zero-order valence-corrected chi connectivity index (χ0v) is 12.2. The molecule has 1 atom stereocenters. The van der Waals surface area contributed by atoms with Crippen molar-refractivity contribution in [2.75, 3.05) is 39.8 Å². The molecule has 0 aliphatic carbocycles. The predicted molar refractivity (Wildman–Crippen MR) is 78.6 cm³/mol. The van der Waals surface area contributed by atoms with Crippen molar-refractivity contribution >= 4 is 5.91 Å². The number of methoxy groups -OCH3 is 1. The van der Waals surface area contributed by atoms with Crippen LogP contribution in [0.3, 0.4) is 0 Å². The van der Waals surface area contributed by atoms with Crippen LogP contribution in [0.15, 0.2) is 24.3 Å². The fourth-order valence-electron chi connectivity index (χ4n) is 2.76. The van der Waals surface area contributed by atoms with Gasteiger partial charge in [-0.1, -0.05) is 18.2 Å². The van der Waals surface area contributed by atoms with Crippen molar-refractivity contribution in [3.8, 4) is 5.75 Å². The van der Waals surface area contributed by atoms with Gasteiger partial charge in [-0.05, 0) is 6.07 Å². The first kappa shape index (κ1) is 14.8. The van der Waals surface area contributed by atoms with E-state index >= 15 is 0 Å². The molecule has 0 radical (unpaired) electrons. The topological polar surface area (TPSA) is 58.8 Å². The van der Waals surface area contributed by atoms with E-state index in [0.29, 0.717) is 6.54 Å². The van der Waals surface area contributed by atoms with Gasteiger partial charge < -0.3 is 15.4 Å². The highest BCUT2D eigenvalue weighted by Gasteiger charge is 2.26. The van der Waals surface area contributed by atoms with E-state index in [1.54, 1.807) is 14.0 Å². The third-order valence-corrected chi connectivity index (χ3v) is 3.92. The van der Waals surface area contributed by atoms with Crippen molar-refractivity contribution < 1.29 is 9.53 Å². The molecule has 1 saturated heterocycles. The number of carbonyl (C=O) groups is 1. The maximum absolute atomic E-state index is 11.4. The van der Waals surface area contributed by atoms with Gasteiger partial charge in [0.25, 0.3) is 0 Å². The molecule has 1 aromatic carbocycles. The van der Waals surface area contributed by atoms with Crippen LogP contribution in [-0.4, -0.2) is 55.5 Å². The quantitative estimate of drug-likeness (QED) is 0.887. The number of rotatable bonds is 4. The standard InChI is InChI=1S/C15H23N3O2/c1-12(19)17-7-9-18(10-8-17)14(11-16)13-5-3-4-6-15(13)20-2/h3-6,14H,7-11,16H2,1-2H3. The summed E-state index contributed by atoms with van der Waals surface area (Å²) in [4.78, 5) is 15.6. The summed E-state index contributed by atoms with van der Waals surface area (Å²) < 4.78 is 5.43. The number of amides is 1. The van der Waals surface area contributed by atoms with E-state index < -0.39 is 0 Å². The van der Waals surface area contributed by atoms with Crippen molar-refractivity contribution in [1.82, 2.24) is 9.80 Å². The Labute approximate surface area is 120 Å². The molecule has 1 aliphatic heterocycles. The van der Waals surface area contributed by atoms with Gasteiger partial charge in [-0.2, -0.15) is 0 Å². The molecule has 0 bridgehead atoms. The molecule has 2 N–H and O–H groups in total. The first-order valence-corrected chi connectivity index (χ1v) is 7.00. The molecular formula is C15H23N3O2. The molecule has 1 amide bonds. The van der Waals surface area contributed by atoms with Crippen molar-refractivity contribution in [3.63, 3.8) is 0 Å². The first-order valence-electron chi connectivity index (χ1n) is 7.00. The Kier molecular flexibility index (Phi) is 4.98. The minimum atomic E-state index is 0.139. The highest BCUT2D eigenvalue weighted by molar-refractivity contribution is 5.73.